The number of hydrogen-bond acceptors (Lipinski definition) is 6. The standard InChI is InChI=1S/C24H30O6/c1-21-7-4-14(25)10-13(21)11-15(20(27)28-3)19-16-5-8-23(9-6-18(26)30-23)22(16,2)12-17-24(19,21)29-17/h10,15-17,19H,4-9,11-12H2,1-3H3/t15-,16+,17-,19+,21+,22+,23-,24?/m1/s1. The molecule has 0 aromatic rings. The summed E-state index contributed by atoms with van der Waals surface area (Å²) in [5, 5.41) is 0. The van der Waals surface area contributed by atoms with Crippen LogP contribution in [0.3, 0.4) is 0 Å². The first-order chi connectivity index (χ1) is 14.2. The number of carbonyl (C=O) groups is 3. The third-order valence-corrected chi connectivity index (χ3v) is 10.2. The maximum absolute atomic E-state index is 13.0. The summed E-state index contributed by atoms with van der Waals surface area (Å²) in [6, 6.07) is 0. The lowest BCUT2D eigenvalue weighted by atomic mass is 9.43. The van der Waals surface area contributed by atoms with E-state index in [1.807, 2.05) is 0 Å². The van der Waals surface area contributed by atoms with E-state index in [0.717, 1.165) is 37.7 Å². The molecule has 1 unspecified atom stereocenters. The maximum Gasteiger partial charge on any atom is 0.309 e. The lowest BCUT2D eigenvalue weighted by Crippen LogP contribution is -2.63. The normalized spacial score (nSPS) is 53.2. The Balaban J connectivity index is 1.49. The number of esters is 2. The van der Waals surface area contributed by atoms with Gasteiger partial charge in [-0.15, -0.1) is 0 Å². The number of ketones is 1. The van der Waals surface area contributed by atoms with E-state index in [4.69, 9.17) is 14.2 Å². The Morgan fingerprint density at radius 1 is 1.17 bits per heavy atom. The van der Waals surface area contributed by atoms with E-state index < -0.39 is 11.2 Å². The lowest BCUT2D eigenvalue weighted by molar-refractivity contribution is -0.172. The van der Waals surface area contributed by atoms with Gasteiger partial charge in [-0.2, -0.15) is 0 Å². The van der Waals surface area contributed by atoms with Gasteiger partial charge in [-0.1, -0.05) is 19.4 Å². The second-order valence-electron chi connectivity index (χ2n) is 11.0. The molecule has 5 fully saturated rings. The molecule has 6 rings (SSSR count). The van der Waals surface area contributed by atoms with Gasteiger partial charge < -0.3 is 14.2 Å². The van der Waals surface area contributed by atoms with Crippen LogP contribution in [0.4, 0.5) is 0 Å². The van der Waals surface area contributed by atoms with Crippen LogP contribution in [0.5, 0.6) is 0 Å². The molecule has 0 radical (unpaired) electrons. The molecule has 2 spiro atoms. The Kier molecular flexibility index (Phi) is 3.53. The number of methoxy groups -OCH3 is 1. The number of carbonyl (C=O) groups excluding carboxylic acids is 3. The highest BCUT2D eigenvalue weighted by Crippen LogP contribution is 2.78. The molecule has 0 bridgehead atoms. The monoisotopic (exact) mass is 414 g/mol. The van der Waals surface area contributed by atoms with Gasteiger partial charge in [0.1, 0.15) is 11.2 Å². The molecule has 0 N–H and O–H groups in total. The molecule has 2 heterocycles. The second-order valence-corrected chi connectivity index (χ2v) is 11.0. The SMILES string of the molecule is COC(=O)[C@@H]1CC2=CC(=O)CC[C@]2(C)C23O[C@@H]2C[C@@]2(C)[C@@H](CC[C@@]24CCC(=O)O4)[C@H]13. The van der Waals surface area contributed by atoms with Crippen LogP contribution in [0.15, 0.2) is 11.6 Å². The van der Waals surface area contributed by atoms with Crippen molar-refractivity contribution in [1.82, 2.24) is 0 Å². The van der Waals surface area contributed by atoms with Gasteiger partial charge in [-0.25, -0.2) is 0 Å². The van der Waals surface area contributed by atoms with Gasteiger partial charge >= 0.3 is 11.9 Å². The van der Waals surface area contributed by atoms with Crippen molar-refractivity contribution >= 4 is 17.7 Å². The fourth-order valence-electron chi connectivity index (χ4n) is 8.69. The van der Waals surface area contributed by atoms with Gasteiger partial charge in [0.05, 0.1) is 19.1 Å². The first-order valence-corrected chi connectivity index (χ1v) is 11.4. The molecule has 4 aliphatic carbocycles. The highest BCUT2D eigenvalue weighted by molar-refractivity contribution is 5.92. The van der Waals surface area contributed by atoms with Gasteiger partial charge in [0.25, 0.3) is 0 Å². The fraction of sp³-hybridized carbons (Fsp3) is 0.792. The molecular weight excluding hydrogens is 384 g/mol. The van der Waals surface area contributed by atoms with Crippen molar-refractivity contribution in [3.05, 3.63) is 11.6 Å². The van der Waals surface area contributed by atoms with Gasteiger partial charge in [-0.05, 0) is 50.5 Å². The van der Waals surface area contributed by atoms with E-state index in [1.54, 1.807) is 6.08 Å². The van der Waals surface area contributed by atoms with Crippen molar-refractivity contribution in [1.29, 1.82) is 0 Å². The number of rotatable bonds is 1. The molecule has 0 aromatic carbocycles. The molecule has 0 aromatic heterocycles. The van der Waals surface area contributed by atoms with E-state index in [9.17, 15) is 14.4 Å². The zero-order valence-electron chi connectivity index (χ0n) is 18.0. The second kappa shape index (κ2) is 5.56. The molecule has 162 valence electrons. The summed E-state index contributed by atoms with van der Waals surface area (Å²) in [5.74, 6) is -0.201. The summed E-state index contributed by atoms with van der Waals surface area (Å²) < 4.78 is 17.9. The largest absolute Gasteiger partial charge is 0.469 e. The highest BCUT2D eigenvalue weighted by Gasteiger charge is 2.83. The zero-order valence-corrected chi connectivity index (χ0v) is 18.0. The quantitative estimate of drug-likeness (QED) is 0.484. The predicted molar refractivity (Wildman–Crippen MR) is 105 cm³/mol. The summed E-state index contributed by atoms with van der Waals surface area (Å²) in [7, 11) is 1.45. The molecule has 8 atom stereocenters. The third kappa shape index (κ3) is 1.94. The lowest BCUT2D eigenvalue weighted by Gasteiger charge is -2.58. The Hall–Kier alpha value is -1.69. The molecule has 6 heteroatoms. The van der Waals surface area contributed by atoms with Crippen molar-refractivity contribution in [3.63, 3.8) is 0 Å². The Labute approximate surface area is 176 Å². The van der Waals surface area contributed by atoms with Gasteiger partial charge in [0.2, 0.25) is 0 Å². The van der Waals surface area contributed by atoms with Crippen LogP contribution in [0, 0.1) is 28.6 Å². The van der Waals surface area contributed by atoms with Gasteiger partial charge in [-0.3, -0.25) is 14.4 Å². The van der Waals surface area contributed by atoms with E-state index in [2.05, 4.69) is 13.8 Å². The van der Waals surface area contributed by atoms with Crippen molar-refractivity contribution in [2.45, 2.75) is 82.5 Å². The minimum Gasteiger partial charge on any atom is -0.469 e. The summed E-state index contributed by atoms with van der Waals surface area (Å²) in [4.78, 5) is 37.4. The number of fused-ring (bicyclic) bond motifs is 4. The first kappa shape index (κ1) is 19.0. The van der Waals surface area contributed by atoms with E-state index in [1.165, 1.54) is 7.11 Å². The predicted octanol–water partition coefficient (Wildman–Crippen LogP) is 3.12. The summed E-state index contributed by atoms with van der Waals surface area (Å²) in [6.45, 7) is 4.51. The van der Waals surface area contributed by atoms with Crippen molar-refractivity contribution in [2.24, 2.45) is 28.6 Å². The first-order valence-electron chi connectivity index (χ1n) is 11.4. The Morgan fingerprint density at radius 2 is 1.97 bits per heavy atom. The van der Waals surface area contributed by atoms with Gasteiger partial charge in [0.15, 0.2) is 5.78 Å². The molecule has 3 saturated carbocycles. The molecule has 30 heavy (non-hydrogen) atoms. The zero-order chi connectivity index (χ0) is 21.1. The highest BCUT2D eigenvalue weighted by atomic mass is 16.6. The van der Waals surface area contributed by atoms with Crippen LogP contribution in [0.1, 0.15) is 65.2 Å². The average Bonchev–Trinajstić information content (AvgIpc) is 3.20. The molecule has 2 saturated heterocycles. The van der Waals surface area contributed by atoms with Crippen molar-refractivity contribution in [2.75, 3.05) is 7.11 Å². The number of hydrogen-bond donors (Lipinski definition) is 0. The third-order valence-electron chi connectivity index (χ3n) is 10.2. The minimum absolute atomic E-state index is 0.0303. The van der Waals surface area contributed by atoms with Crippen LogP contribution >= 0.6 is 0 Å². The number of epoxide rings is 1. The van der Waals surface area contributed by atoms with Crippen LogP contribution in [0.25, 0.3) is 0 Å². The minimum atomic E-state index is -0.424. The molecular formula is C24H30O6. The van der Waals surface area contributed by atoms with Crippen LogP contribution < -0.4 is 0 Å². The summed E-state index contributed by atoms with van der Waals surface area (Å²) in [6.07, 6.45) is 7.61. The molecule has 6 aliphatic rings. The molecule has 0 amide bonds. The molecule has 6 nitrogen and oxygen atoms in total. The summed E-state index contributed by atoms with van der Waals surface area (Å²) in [5.41, 5.74) is -0.175. The number of ether oxygens (including phenoxy) is 3. The van der Waals surface area contributed by atoms with Crippen LogP contribution in [-0.2, 0) is 28.6 Å². The van der Waals surface area contributed by atoms with Crippen LogP contribution in [0.2, 0.25) is 0 Å². The Morgan fingerprint density at radius 3 is 2.67 bits per heavy atom. The maximum atomic E-state index is 13.0. The van der Waals surface area contributed by atoms with E-state index >= 15 is 0 Å². The van der Waals surface area contributed by atoms with Crippen LogP contribution in [-0.4, -0.2) is 42.1 Å². The van der Waals surface area contributed by atoms with Crippen molar-refractivity contribution < 1.29 is 28.6 Å². The molecule has 2 aliphatic heterocycles. The fourth-order valence-corrected chi connectivity index (χ4v) is 8.69. The average molecular weight is 414 g/mol. The van der Waals surface area contributed by atoms with Gasteiger partial charge in [0, 0.05) is 29.6 Å². The summed E-state index contributed by atoms with van der Waals surface area (Å²) >= 11 is 0. The van der Waals surface area contributed by atoms with Crippen molar-refractivity contribution in [3.8, 4) is 0 Å². The van der Waals surface area contributed by atoms with E-state index in [0.29, 0.717) is 19.3 Å². The van der Waals surface area contributed by atoms with E-state index in [-0.39, 0.29) is 52.4 Å². The smallest absolute Gasteiger partial charge is 0.309 e. The topological polar surface area (TPSA) is 82.2 Å². The Bertz CT molecular complexity index is 907.